The van der Waals surface area contributed by atoms with E-state index in [-0.39, 0.29) is 5.56 Å². The van der Waals surface area contributed by atoms with E-state index < -0.39 is 5.97 Å². The Kier molecular flexibility index (Phi) is 3.56. The molecule has 3 rings (SSSR count). The van der Waals surface area contributed by atoms with Gasteiger partial charge in [0.05, 0.1) is 12.1 Å². The molecule has 1 aliphatic rings. The Morgan fingerprint density at radius 3 is 2.85 bits per heavy atom. The molecule has 1 unspecified atom stereocenters. The second-order valence-electron chi connectivity index (χ2n) is 5.24. The van der Waals surface area contributed by atoms with Gasteiger partial charge >= 0.3 is 5.97 Å². The van der Waals surface area contributed by atoms with Crippen LogP contribution in [0.25, 0.3) is 0 Å². The number of aromatic carboxylic acids is 1. The van der Waals surface area contributed by atoms with E-state index in [0.29, 0.717) is 12.5 Å². The fourth-order valence-electron chi connectivity index (χ4n) is 2.77. The molecule has 1 N–H and O–H groups in total. The van der Waals surface area contributed by atoms with Crippen LogP contribution in [0.2, 0.25) is 0 Å². The maximum Gasteiger partial charge on any atom is 0.338 e. The first-order chi connectivity index (χ1) is 9.72. The first-order valence-electron chi connectivity index (χ1n) is 6.80. The van der Waals surface area contributed by atoms with Crippen LogP contribution < -0.4 is 0 Å². The number of furan rings is 1. The lowest BCUT2D eigenvalue weighted by atomic mass is 9.99. The average Bonchev–Trinajstić information content (AvgIpc) is 3.10. The van der Waals surface area contributed by atoms with Gasteiger partial charge in [-0.1, -0.05) is 30.3 Å². The van der Waals surface area contributed by atoms with Crippen LogP contribution in [0.4, 0.5) is 0 Å². The number of benzene rings is 1. The summed E-state index contributed by atoms with van der Waals surface area (Å²) in [5.74, 6) is 0.338. The van der Waals surface area contributed by atoms with Crippen LogP contribution in [0, 0.1) is 0 Å². The van der Waals surface area contributed by atoms with E-state index in [1.165, 1.54) is 11.8 Å². The maximum absolute atomic E-state index is 10.8. The predicted molar refractivity (Wildman–Crippen MR) is 74.7 cm³/mol. The molecule has 1 aliphatic heterocycles. The van der Waals surface area contributed by atoms with Gasteiger partial charge in [0, 0.05) is 6.54 Å². The molecule has 2 aromatic rings. The van der Waals surface area contributed by atoms with Crippen LogP contribution in [-0.4, -0.2) is 29.1 Å². The standard InChI is InChI=1S/C16H17NO3/c18-16(19)14-8-15(20-11-14)10-17-7-6-13(9-17)12-4-2-1-3-5-12/h1-5,8,11,13H,6-7,9-10H2,(H,18,19). The van der Waals surface area contributed by atoms with Crippen molar-refractivity contribution in [3.63, 3.8) is 0 Å². The summed E-state index contributed by atoms with van der Waals surface area (Å²) in [7, 11) is 0. The van der Waals surface area contributed by atoms with E-state index in [2.05, 4.69) is 29.2 Å². The van der Waals surface area contributed by atoms with E-state index in [9.17, 15) is 4.79 Å². The van der Waals surface area contributed by atoms with Crippen molar-refractivity contribution < 1.29 is 14.3 Å². The van der Waals surface area contributed by atoms with E-state index >= 15 is 0 Å². The number of carboxylic acid groups (broad SMARTS) is 1. The second-order valence-corrected chi connectivity index (χ2v) is 5.24. The Bertz CT molecular complexity index is 591. The quantitative estimate of drug-likeness (QED) is 0.928. The topological polar surface area (TPSA) is 53.7 Å². The molecule has 1 aromatic carbocycles. The van der Waals surface area contributed by atoms with Crippen molar-refractivity contribution in [3.8, 4) is 0 Å². The minimum Gasteiger partial charge on any atom is -0.478 e. The highest BCUT2D eigenvalue weighted by molar-refractivity contribution is 5.87. The first kappa shape index (κ1) is 12.9. The summed E-state index contributed by atoms with van der Waals surface area (Å²) in [5, 5.41) is 8.88. The van der Waals surface area contributed by atoms with Crippen molar-refractivity contribution in [2.24, 2.45) is 0 Å². The second kappa shape index (κ2) is 5.51. The number of carbonyl (C=O) groups is 1. The number of hydrogen-bond acceptors (Lipinski definition) is 3. The lowest BCUT2D eigenvalue weighted by molar-refractivity contribution is 0.0696. The summed E-state index contributed by atoms with van der Waals surface area (Å²) in [4.78, 5) is 13.1. The number of rotatable bonds is 4. The van der Waals surface area contributed by atoms with Crippen LogP contribution in [0.1, 0.15) is 34.0 Å². The fourth-order valence-corrected chi connectivity index (χ4v) is 2.77. The summed E-state index contributed by atoms with van der Waals surface area (Å²) in [5.41, 5.74) is 1.60. The highest BCUT2D eigenvalue weighted by atomic mass is 16.4. The SMILES string of the molecule is O=C(O)c1coc(CN2CCC(c3ccccc3)C2)c1. The number of nitrogens with zero attached hydrogens (tertiary/aromatic N) is 1. The van der Waals surface area contributed by atoms with Crippen LogP contribution in [0.5, 0.6) is 0 Å². The molecule has 1 atom stereocenters. The minimum absolute atomic E-state index is 0.221. The Morgan fingerprint density at radius 2 is 2.15 bits per heavy atom. The lowest BCUT2D eigenvalue weighted by Gasteiger charge is -2.14. The Labute approximate surface area is 117 Å². The summed E-state index contributed by atoms with van der Waals surface area (Å²) in [6.45, 7) is 2.69. The van der Waals surface area contributed by atoms with Crippen LogP contribution in [0.15, 0.2) is 47.1 Å². The van der Waals surface area contributed by atoms with Gasteiger partial charge < -0.3 is 9.52 Å². The van der Waals surface area contributed by atoms with Gasteiger partial charge in [0.1, 0.15) is 12.0 Å². The molecule has 1 aromatic heterocycles. The highest BCUT2D eigenvalue weighted by Gasteiger charge is 2.24. The van der Waals surface area contributed by atoms with Gasteiger partial charge in [0.15, 0.2) is 0 Å². The third-order valence-electron chi connectivity index (χ3n) is 3.82. The zero-order valence-corrected chi connectivity index (χ0v) is 11.2. The largest absolute Gasteiger partial charge is 0.478 e. The Balaban J connectivity index is 1.61. The van der Waals surface area contributed by atoms with E-state index in [0.717, 1.165) is 25.3 Å². The molecule has 0 amide bonds. The highest BCUT2D eigenvalue weighted by Crippen LogP contribution is 2.28. The van der Waals surface area contributed by atoms with Gasteiger partial charge in [-0.05, 0) is 30.5 Å². The molecule has 0 aliphatic carbocycles. The molecule has 0 radical (unpaired) electrons. The van der Waals surface area contributed by atoms with Crippen molar-refractivity contribution in [1.29, 1.82) is 0 Å². The number of carboxylic acids is 1. The maximum atomic E-state index is 10.8. The molecule has 0 spiro atoms. The van der Waals surface area contributed by atoms with Gasteiger partial charge in [0.25, 0.3) is 0 Å². The van der Waals surface area contributed by atoms with Crippen LogP contribution in [-0.2, 0) is 6.54 Å². The summed E-state index contributed by atoms with van der Waals surface area (Å²) in [6, 6.07) is 12.1. The normalized spacial score (nSPS) is 19.3. The zero-order chi connectivity index (χ0) is 13.9. The van der Waals surface area contributed by atoms with Gasteiger partial charge in [-0.3, -0.25) is 4.90 Å². The molecule has 0 saturated carbocycles. The van der Waals surface area contributed by atoms with Gasteiger partial charge in [0.2, 0.25) is 0 Å². The van der Waals surface area contributed by atoms with Crippen molar-refractivity contribution in [2.45, 2.75) is 18.9 Å². The Morgan fingerprint density at radius 1 is 1.35 bits per heavy atom. The molecule has 104 valence electrons. The molecule has 2 heterocycles. The molecule has 1 saturated heterocycles. The zero-order valence-electron chi connectivity index (χ0n) is 11.2. The average molecular weight is 271 g/mol. The van der Waals surface area contributed by atoms with Crippen molar-refractivity contribution in [1.82, 2.24) is 4.90 Å². The van der Waals surface area contributed by atoms with Gasteiger partial charge in [-0.2, -0.15) is 0 Å². The molecule has 20 heavy (non-hydrogen) atoms. The molecular weight excluding hydrogens is 254 g/mol. The fraction of sp³-hybridized carbons (Fsp3) is 0.312. The van der Waals surface area contributed by atoms with Gasteiger partial charge in [-0.25, -0.2) is 4.79 Å². The van der Waals surface area contributed by atoms with Crippen LogP contribution >= 0.6 is 0 Å². The minimum atomic E-state index is -0.941. The van der Waals surface area contributed by atoms with E-state index in [4.69, 9.17) is 9.52 Å². The van der Waals surface area contributed by atoms with E-state index in [1.807, 2.05) is 6.07 Å². The monoisotopic (exact) mass is 271 g/mol. The summed E-state index contributed by atoms with van der Waals surface area (Å²) in [6.07, 6.45) is 2.44. The molecule has 1 fully saturated rings. The lowest BCUT2D eigenvalue weighted by Crippen LogP contribution is -2.19. The van der Waals surface area contributed by atoms with E-state index in [1.54, 1.807) is 6.07 Å². The molecule has 0 bridgehead atoms. The van der Waals surface area contributed by atoms with Gasteiger partial charge in [-0.15, -0.1) is 0 Å². The first-order valence-corrected chi connectivity index (χ1v) is 6.80. The summed E-state index contributed by atoms with van der Waals surface area (Å²) < 4.78 is 5.31. The smallest absolute Gasteiger partial charge is 0.338 e. The predicted octanol–water partition coefficient (Wildman–Crippen LogP) is 2.97. The van der Waals surface area contributed by atoms with Crippen molar-refractivity contribution >= 4 is 5.97 Å². The Hall–Kier alpha value is -2.07. The van der Waals surface area contributed by atoms with Crippen molar-refractivity contribution in [2.75, 3.05) is 13.1 Å². The van der Waals surface area contributed by atoms with Crippen LogP contribution in [0.3, 0.4) is 0 Å². The summed E-state index contributed by atoms with van der Waals surface area (Å²) >= 11 is 0. The third-order valence-corrected chi connectivity index (χ3v) is 3.82. The number of likely N-dealkylation sites (tertiary alicyclic amines) is 1. The van der Waals surface area contributed by atoms with Crippen molar-refractivity contribution in [3.05, 3.63) is 59.5 Å². The molecule has 4 heteroatoms. The third kappa shape index (κ3) is 2.75. The molecular formula is C16H17NO3. The molecule has 4 nitrogen and oxygen atoms in total. The number of hydrogen-bond donors (Lipinski definition) is 1.